The number of rotatable bonds is 5. The average Bonchev–Trinajstić information content (AvgIpc) is 2.98. The van der Waals surface area contributed by atoms with E-state index in [1.54, 1.807) is 16.9 Å². The van der Waals surface area contributed by atoms with Gasteiger partial charge in [-0.1, -0.05) is 6.92 Å². The molecule has 96 valence electrons. The maximum Gasteiger partial charge on any atom is 0.287 e. The lowest BCUT2D eigenvalue weighted by Gasteiger charge is -2.12. The number of carbonyl (C=O) groups excluding carboxylic acids is 1. The Hall–Kier alpha value is -2.04. The minimum absolute atomic E-state index is 0.00687. The predicted molar refractivity (Wildman–Crippen MR) is 67.2 cm³/mol. The van der Waals surface area contributed by atoms with E-state index in [1.165, 1.54) is 0 Å². The van der Waals surface area contributed by atoms with Crippen LogP contribution in [0, 0.1) is 0 Å². The van der Waals surface area contributed by atoms with E-state index in [0.29, 0.717) is 12.3 Å². The number of hydrogen-bond donors (Lipinski definition) is 1. The predicted octanol–water partition coefficient (Wildman–Crippen LogP) is 1.86. The highest BCUT2D eigenvalue weighted by molar-refractivity contribution is 5.91. The lowest BCUT2D eigenvalue weighted by atomic mass is 10.3. The van der Waals surface area contributed by atoms with E-state index in [1.807, 2.05) is 32.2 Å². The molecule has 1 unspecified atom stereocenters. The van der Waals surface area contributed by atoms with Gasteiger partial charge < -0.3 is 9.73 Å². The molecule has 2 aromatic rings. The fraction of sp³-hybridized carbons (Fsp3) is 0.385. The fourth-order valence-electron chi connectivity index (χ4n) is 1.72. The number of nitrogens with zero attached hydrogens (tertiary/aromatic N) is 2. The van der Waals surface area contributed by atoms with Crippen LogP contribution in [-0.2, 0) is 13.0 Å². The van der Waals surface area contributed by atoms with E-state index < -0.39 is 0 Å². The van der Waals surface area contributed by atoms with Crippen molar-refractivity contribution >= 4 is 5.91 Å². The minimum atomic E-state index is -0.186. The first-order valence-corrected chi connectivity index (χ1v) is 6.06. The molecule has 2 aromatic heterocycles. The lowest BCUT2D eigenvalue weighted by molar-refractivity contribution is 0.0906. The van der Waals surface area contributed by atoms with Gasteiger partial charge in [0, 0.05) is 24.9 Å². The summed E-state index contributed by atoms with van der Waals surface area (Å²) in [6.07, 6.45) is 4.37. The van der Waals surface area contributed by atoms with Gasteiger partial charge in [-0.25, -0.2) is 0 Å². The Morgan fingerprint density at radius 3 is 3.00 bits per heavy atom. The van der Waals surface area contributed by atoms with Crippen molar-refractivity contribution in [3.63, 3.8) is 0 Å². The molecule has 0 bridgehead atoms. The molecule has 0 aliphatic rings. The minimum Gasteiger partial charge on any atom is -0.456 e. The van der Waals surface area contributed by atoms with Crippen molar-refractivity contribution < 1.29 is 9.21 Å². The maximum atomic E-state index is 11.9. The van der Waals surface area contributed by atoms with Crippen molar-refractivity contribution in [3.8, 4) is 0 Å². The Kier molecular flexibility index (Phi) is 3.82. The molecule has 0 aliphatic heterocycles. The quantitative estimate of drug-likeness (QED) is 0.877. The van der Waals surface area contributed by atoms with Gasteiger partial charge in [0.25, 0.3) is 5.91 Å². The van der Waals surface area contributed by atoms with Crippen molar-refractivity contribution in [2.75, 3.05) is 0 Å². The molecule has 0 aromatic carbocycles. The van der Waals surface area contributed by atoms with Crippen LogP contribution in [0.25, 0.3) is 0 Å². The summed E-state index contributed by atoms with van der Waals surface area (Å²) < 4.78 is 7.18. The molecule has 2 rings (SSSR count). The molecule has 2 heterocycles. The van der Waals surface area contributed by atoms with Gasteiger partial charge >= 0.3 is 0 Å². The van der Waals surface area contributed by atoms with Gasteiger partial charge in [-0.3, -0.25) is 9.48 Å². The van der Waals surface area contributed by atoms with Gasteiger partial charge in [-0.15, -0.1) is 0 Å². The Morgan fingerprint density at radius 1 is 1.56 bits per heavy atom. The third-order valence-electron chi connectivity index (χ3n) is 2.63. The number of nitrogens with one attached hydrogen (secondary N) is 1. The van der Waals surface area contributed by atoms with Crippen LogP contribution in [0.1, 0.15) is 30.2 Å². The van der Waals surface area contributed by atoms with Crippen LogP contribution in [0.3, 0.4) is 0 Å². The van der Waals surface area contributed by atoms with Gasteiger partial charge in [0.15, 0.2) is 5.76 Å². The molecular weight excluding hydrogens is 230 g/mol. The zero-order chi connectivity index (χ0) is 13.0. The largest absolute Gasteiger partial charge is 0.456 e. The van der Waals surface area contributed by atoms with Crippen molar-refractivity contribution in [1.82, 2.24) is 15.1 Å². The van der Waals surface area contributed by atoms with Crippen LogP contribution in [0.2, 0.25) is 0 Å². The Labute approximate surface area is 106 Å². The first-order valence-electron chi connectivity index (χ1n) is 6.06. The number of furan rings is 1. The molecule has 18 heavy (non-hydrogen) atoms. The highest BCUT2D eigenvalue weighted by Crippen LogP contribution is 2.08. The number of hydrogen-bond acceptors (Lipinski definition) is 3. The Balaban J connectivity index is 1.90. The third kappa shape index (κ3) is 3.00. The van der Waals surface area contributed by atoms with E-state index in [0.717, 1.165) is 12.2 Å². The lowest BCUT2D eigenvalue weighted by Crippen LogP contribution is -2.35. The number of carbonyl (C=O) groups is 1. The number of amides is 1. The van der Waals surface area contributed by atoms with Gasteiger partial charge in [-0.2, -0.15) is 5.10 Å². The van der Waals surface area contributed by atoms with Crippen molar-refractivity contribution in [1.29, 1.82) is 0 Å². The SMILES string of the molecule is CCc1ccc(C(=O)NC(C)Cn2cccn2)o1. The van der Waals surface area contributed by atoms with Crippen molar-refractivity contribution in [2.24, 2.45) is 0 Å². The van der Waals surface area contributed by atoms with Crippen LogP contribution in [0.5, 0.6) is 0 Å². The van der Waals surface area contributed by atoms with Crippen molar-refractivity contribution in [3.05, 3.63) is 42.1 Å². The van der Waals surface area contributed by atoms with Crippen molar-refractivity contribution in [2.45, 2.75) is 32.9 Å². The molecule has 0 radical (unpaired) electrons. The second-order valence-corrected chi connectivity index (χ2v) is 4.22. The van der Waals surface area contributed by atoms with E-state index in [2.05, 4.69) is 10.4 Å². The summed E-state index contributed by atoms with van der Waals surface area (Å²) in [4.78, 5) is 11.9. The molecule has 1 atom stereocenters. The van der Waals surface area contributed by atoms with Gasteiger partial charge in [0.2, 0.25) is 0 Å². The first kappa shape index (κ1) is 12.4. The molecule has 1 N–H and O–H groups in total. The van der Waals surface area contributed by atoms with Crippen LogP contribution in [0.4, 0.5) is 0 Å². The van der Waals surface area contributed by atoms with E-state index in [4.69, 9.17) is 4.42 Å². The van der Waals surface area contributed by atoms with Gasteiger partial charge in [-0.05, 0) is 25.1 Å². The second-order valence-electron chi connectivity index (χ2n) is 4.22. The molecule has 1 amide bonds. The molecular formula is C13H17N3O2. The fourth-order valence-corrected chi connectivity index (χ4v) is 1.72. The zero-order valence-electron chi connectivity index (χ0n) is 10.6. The van der Waals surface area contributed by atoms with E-state index in [-0.39, 0.29) is 11.9 Å². The van der Waals surface area contributed by atoms with Crippen LogP contribution < -0.4 is 5.32 Å². The number of aryl methyl sites for hydroxylation is 1. The van der Waals surface area contributed by atoms with Gasteiger partial charge in [0.1, 0.15) is 5.76 Å². The summed E-state index contributed by atoms with van der Waals surface area (Å²) in [5, 5.41) is 6.97. The smallest absolute Gasteiger partial charge is 0.287 e. The second kappa shape index (κ2) is 5.53. The molecule has 5 nitrogen and oxygen atoms in total. The third-order valence-corrected chi connectivity index (χ3v) is 2.63. The summed E-state index contributed by atoms with van der Waals surface area (Å²) in [5.74, 6) is 0.994. The summed E-state index contributed by atoms with van der Waals surface area (Å²) in [5.41, 5.74) is 0. The molecule has 0 saturated heterocycles. The maximum absolute atomic E-state index is 11.9. The summed E-state index contributed by atoms with van der Waals surface area (Å²) in [6.45, 7) is 4.56. The summed E-state index contributed by atoms with van der Waals surface area (Å²) >= 11 is 0. The summed E-state index contributed by atoms with van der Waals surface area (Å²) in [7, 11) is 0. The highest BCUT2D eigenvalue weighted by Gasteiger charge is 2.13. The van der Waals surface area contributed by atoms with E-state index >= 15 is 0 Å². The van der Waals surface area contributed by atoms with Crippen LogP contribution in [-0.4, -0.2) is 21.7 Å². The Bertz CT molecular complexity index is 502. The normalized spacial score (nSPS) is 12.3. The van der Waals surface area contributed by atoms with Crippen LogP contribution in [0.15, 0.2) is 35.0 Å². The topological polar surface area (TPSA) is 60.1 Å². The molecule has 0 aliphatic carbocycles. The standard InChI is InChI=1S/C13H17N3O2/c1-3-11-5-6-12(18-11)13(17)15-10(2)9-16-8-4-7-14-16/h4-8,10H,3,9H2,1-2H3,(H,15,17). The molecule has 0 saturated carbocycles. The number of aromatic nitrogens is 2. The molecule has 5 heteroatoms. The Morgan fingerprint density at radius 2 is 2.39 bits per heavy atom. The molecule has 0 spiro atoms. The highest BCUT2D eigenvalue weighted by atomic mass is 16.3. The monoisotopic (exact) mass is 247 g/mol. The first-order chi connectivity index (χ1) is 8.69. The average molecular weight is 247 g/mol. The van der Waals surface area contributed by atoms with Gasteiger partial charge in [0.05, 0.1) is 6.54 Å². The zero-order valence-corrected chi connectivity index (χ0v) is 10.6. The summed E-state index contributed by atoms with van der Waals surface area (Å²) in [6, 6.07) is 5.38. The molecule has 0 fully saturated rings. The van der Waals surface area contributed by atoms with E-state index in [9.17, 15) is 4.79 Å². The van der Waals surface area contributed by atoms with Crippen LogP contribution >= 0.6 is 0 Å².